The molecule has 1 saturated heterocycles. The molecule has 148 valence electrons. The zero-order valence-electron chi connectivity index (χ0n) is 16.2. The highest BCUT2D eigenvalue weighted by molar-refractivity contribution is 7.88. The van der Waals surface area contributed by atoms with Crippen molar-refractivity contribution in [3.8, 4) is 0 Å². The fraction of sp³-hybridized carbons (Fsp3) is 0.611. The lowest BCUT2D eigenvalue weighted by Crippen LogP contribution is -2.64. The number of rotatable bonds is 4. The van der Waals surface area contributed by atoms with Gasteiger partial charge in [-0.15, -0.1) is 4.83 Å². The number of aliphatic hydroxyl groups excluding tert-OH is 1. The molecule has 8 heteroatoms. The van der Waals surface area contributed by atoms with Crippen molar-refractivity contribution in [2.75, 3.05) is 19.3 Å². The summed E-state index contributed by atoms with van der Waals surface area (Å²) in [6, 6.07) is 11.5. The number of β-amino-alcohol motifs (C(OH)–C–C–N with tert-alkyl or cyclic N) is 1. The maximum atomic E-state index is 11.5. The standard InChI is InChI=1S/C12H25N3O4S.C6H6/c1-8(2)15(13-20(5,18)19)12-9(3)6-14(10(4)16)7-11(12)17;1-2-4-6-5-3-1/h8-9,11-13,17H,6-7H2,1-5H3;1-6H. The van der Waals surface area contributed by atoms with Crippen LogP contribution in [-0.2, 0) is 14.8 Å². The Bertz CT molecular complexity index is 613. The molecule has 3 atom stereocenters. The molecule has 0 spiro atoms. The van der Waals surface area contributed by atoms with Crippen molar-refractivity contribution >= 4 is 15.9 Å². The number of nitrogens with zero attached hydrogens (tertiary/aromatic N) is 2. The van der Waals surface area contributed by atoms with Crippen molar-refractivity contribution < 1.29 is 18.3 Å². The van der Waals surface area contributed by atoms with Crippen molar-refractivity contribution in [2.24, 2.45) is 5.92 Å². The largest absolute Gasteiger partial charge is 0.390 e. The number of carbonyl (C=O) groups excluding carboxylic acids is 1. The van der Waals surface area contributed by atoms with Gasteiger partial charge in [0.05, 0.1) is 18.4 Å². The predicted molar refractivity (Wildman–Crippen MR) is 103 cm³/mol. The van der Waals surface area contributed by atoms with E-state index in [1.807, 2.05) is 57.2 Å². The van der Waals surface area contributed by atoms with Crippen molar-refractivity contribution in [2.45, 2.75) is 45.9 Å². The topological polar surface area (TPSA) is 90.0 Å². The van der Waals surface area contributed by atoms with E-state index in [2.05, 4.69) is 4.83 Å². The van der Waals surface area contributed by atoms with Crippen LogP contribution in [0.15, 0.2) is 36.4 Å². The van der Waals surface area contributed by atoms with Crippen molar-refractivity contribution in [3.05, 3.63) is 36.4 Å². The number of piperidine rings is 1. The second-order valence-electron chi connectivity index (χ2n) is 6.98. The van der Waals surface area contributed by atoms with Gasteiger partial charge in [0.1, 0.15) is 0 Å². The molecule has 0 radical (unpaired) electrons. The maximum Gasteiger partial charge on any atom is 0.221 e. The van der Waals surface area contributed by atoms with E-state index in [9.17, 15) is 18.3 Å². The molecule has 0 aromatic heterocycles. The zero-order chi connectivity index (χ0) is 19.9. The van der Waals surface area contributed by atoms with Gasteiger partial charge < -0.3 is 10.0 Å². The van der Waals surface area contributed by atoms with Gasteiger partial charge in [-0.3, -0.25) is 4.79 Å². The van der Waals surface area contributed by atoms with E-state index in [-0.39, 0.29) is 30.5 Å². The molecule has 0 aliphatic carbocycles. The third-order valence-electron chi connectivity index (χ3n) is 4.15. The second kappa shape index (κ2) is 10.0. The molecule has 1 amide bonds. The summed E-state index contributed by atoms with van der Waals surface area (Å²) < 4.78 is 23.0. The highest BCUT2D eigenvalue weighted by Crippen LogP contribution is 2.23. The zero-order valence-corrected chi connectivity index (χ0v) is 17.0. The molecular weight excluding hydrogens is 354 g/mol. The Balaban J connectivity index is 0.000000472. The highest BCUT2D eigenvalue weighted by atomic mass is 32.2. The normalized spacial score (nSPS) is 23.5. The highest BCUT2D eigenvalue weighted by Gasteiger charge is 2.40. The lowest BCUT2D eigenvalue weighted by molar-refractivity contribution is -0.137. The first-order valence-electron chi connectivity index (χ1n) is 8.72. The van der Waals surface area contributed by atoms with Gasteiger partial charge in [-0.25, -0.2) is 13.4 Å². The van der Waals surface area contributed by atoms with Crippen LogP contribution in [0.3, 0.4) is 0 Å². The molecule has 26 heavy (non-hydrogen) atoms. The molecule has 0 saturated carbocycles. The minimum Gasteiger partial charge on any atom is -0.390 e. The average Bonchev–Trinajstić information content (AvgIpc) is 2.54. The lowest BCUT2D eigenvalue weighted by Gasteiger charge is -2.46. The van der Waals surface area contributed by atoms with Gasteiger partial charge in [0.2, 0.25) is 15.9 Å². The first-order valence-corrected chi connectivity index (χ1v) is 10.6. The van der Waals surface area contributed by atoms with Crippen LogP contribution in [0, 0.1) is 5.92 Å². The molecule has 1 fully saturated rings. The number of hydrazine groups is 1. The van der Waals surface area contributed by atoms with Crippen LogP contribution < -0.4 is 4.83 Å². The number of aliphatic hydroxyl groups is 1. The Kier molecular flexibility index (Phi) is 8.69. The van der Waals surface area contributed by atoms with Gasteiger partial charge in [0.25, 0.3) is 0 Å². The third kappa shape index (κ3) is 7.41. The van der Waals surface area contributed by atoms with E-state index in [1.54, 1.807) is 9.91 Å². The summed E-state index contributed by atoms with van der Waals surface area (Å²) in [7, 11) is -3.41. The fourth-order valence-corrected chi connectivity index (χ4v) is 3.76. The molecule has 1 aromatic rings. The molecular formula is C18H31N3O4S. The van der Waals surface area contributed by atoms with Gasteiger partial charge in [-0.2, -0.15) is 0 Å². The van der Waals surface area contributed by atoms with Crippen LogP contribution in [-0.4, -0.2) is 66.9 Å². The molecule has 1 heterocycles. The summed E-state index contributed by atoms with van der Waals surface area (Å²) in [6.45, 7) is 7.81. The van der Waals surface area contributed by atoms with Gasteiger partial charge in [0.15, 0.2) is 0 Å². The maximum absolute atomic E-state index is 11.5. The SMILES string of the molecule is CC(=O)N1CC(C)C(N(NS(C)(=O)=O)C(C)C)C(O)C1.c1ccccc1. The minimum absolute atomic E-state index is 0.0423. The van der Waals surface area contributed by atoms with Crippen molar-refractivity contribution in [1.29, 1.82) is 0 Å². The van der Waals surface area contributed by atoms with E-state index in [1.165, 1.54) is 6.92 Å². The van der Waals surface area contributed by atoms with Crippen LogP contribution in [0.4, 0.5) is 0 Å². The lowest BCUT2D eigenvalue weighted by atomic mass is 9.90. The van der Waals surface area contributed by atoms with Gasteiger partial charge in [0, 0.05) is 26.1 Å². The van der Waals surface area contributed by atoms with Crippen molar-refractivity contribution in [1.82, 2.24) is 14.7 Å². The monoisotopic (exact) mass is 385 g/mol. The van der Waals surface area contributed by atoms with E-state index < -0.39 is 16.1 Å². The number of likely N-dealkylation sites (tertiary alicyclic amines) is 1. The number of benzene rings is 1. The number of amides is 1. The van der Waals surface area contributed by atoms with E-state index in [0.29, 0.717) is 6.54 Å². The first-order chi connectivity index (χ1) is 12.0. The molecule has 3 unspecified atom stereocenters. The van der Waals surface area contributed by atoms with Crippen LogP contribution in [0.2, 0.25) is 0 Å². The Labute approximate surface area is 157 Å². The van der Waals surface area contributed by atoms with Gasteiger partial charge >= 0.3 is 0 Å². The number of sulfonamides is 1. The smallest absolute Gasteiger partial charge is 0.221 e. The Hall–Kier alpha value is -1.48. The third-order valence-corrected chi connectivity index (χ3v) is 4.70. The minimum atomic E-state index is -3.41. The first kappa shape index (κ1) is 22.6. The Morgan fingerprint density at radius 2 is 1.62 bits per heavy atom. The predicted octanol–water partition coefficient (Wildman–Crippen LogP) is 1.08. The van der Waals surface area contributed by atoms with Crippen LogP contribution in [0.25, 0.3) is 0 Å². The van der Waals surface area contributed by atoms with E-state index in [4.69, 9.17) is 0 Å². The van der Waals surface area contributed by atoms with E-state index in [0.717, 1.165) is 6.26 Å². The summed E-state index contributed by atoms with van der Waals surface area (Å²) in [5.74, 6) is -0.124. The number of hydrogen-bond donors (Lipinski definition) is 2. The van der Waals surface area contributed by atoms with Crippen molar-refractivity contribution in [3.63, 3.8) is 0 Å². The molecule has 0 bridgehead atoms. The Morgan fingerprint density at radius 1 is 1.15 bits per heavy atom. The number of carbonyl (C=O) groups is 1. The van der Waals surface area contributed by atoms with Crippen LogP contribution in [0.5, 0.6) is 0 Å². The fourth-order valence-electron chi connectivity index (χ4n) is 3.05. The molecule has 2 N–H and O–H groups in total. The quantitative estimate of drug-likeness (QED) is 0.757. The summed E-state index contributed by atoms with van der Waals surface area (Å²) >= 11 is 0. The molecule has 1 aliphatic heterocycles. The number of hydrogen-bond acceptors (Lipinski definition) is 5. The summed E-state index contributed by atoms with van der Waals surface area (Å²) in [5, 5.41) is 11.9. The second-order valence-corrected chi connectivity index (χ2v) is 8.71. The van der Waals surface area contributed by atoms with Gasteiger partial charge in [-0.1, -0.05) is 43.3 Å². The molecule has 1 aliphatic rings. The molecule has 2 rings (SSSR count). The summed E-state index contributed by atoms with van der Waals surface area (Å²) in [5.41, 5.74) is 0. The average molecular weight is 386 g/mol. The summed E-state index contributed by atoms with van der Waals surface area (Å²) in [4.78, 5) is 15.5. The van der Waals surface area contributed by atoms with Crippen LogP contribution in [0.1, 0.15) is 27.7 Å². The van der Waals surface area contributed by atoms with E-state index >= 15 is 0 Å². The van der Waals surface area contributed by atoms with Gasteiger partial charge in [-0.05, 0) is 19.8 Å². The molecule has 1 aromatic carbocycles. The van der Waals surface area contributed by atoms with Crippen LogP contribution >= 0.6 is 0 Å². The number of nitrogens with one attached hydrogen (secondary N) is 1. The molecule has 7 nitrogen and oxygen atoms in total. The Morgan fingerprint density at radius 3 is 1.92 bits per heavy atom. The summed E-state index contributed by atoms with van der Waals surface area (Å²) in [6.07, 6.45) is 0.295.